The molecule has 0 bridgehead atoms. The lowest BCUT2D eigenvalue weighted by atomic mass is 10.2. The summed E-state index contributed by atoms with van der Waals surface area (Å²) in [7, 11) is 0. The van der Waals surface area contributed by atoms with Gasteiger partial charge in [-0.25, -0.2) is 0 Å². The van der Waals surface area contributed by atoms with Crippen LogP contribution in [0.2, 0.25) is 0 Å². The van der Waals surface area contributed by atoms with Crippen LogP contribution in [0.4, 0.5) is 5.69 Å². The zero-order valence-corrected chi connectivity index (χ0v) is 9.97. The highest BCUT2D eigenvalue weighted by molar-refractivity contribution is 9.11. The van der Waals surface area contributed by atoms with Crippen molar-refractivity contribution in [2.75, 3.05) is 12.3 Å². The molecule has 1 aromatic carbocycles. The smallest absolute Gasteiger partial charge is 0.0615 e. The van der Waals surface area contributed by atoms with Crippen LogP contribution in [0.25, 0.3) is 6.08 Å². The highest BCUT2D eigenvalue weighted by Crippen LogP contribution is 2.28. The van der Waals surface area contributed by atoms with Crippen LogP contribution in [0.3, 0.4) is 0 Å². The Kier molecular flexibility index (Phi) is 3.96. The average molecular weight is 307 g/mol. The van der Waals surface area contributed by atoms with Gasteiger partial charge in [-0.1, -0.05) is 28.1 Å². The van der Waals surface area contributed by atoms with E-state index in [4.69, 9.17) is 10.8 Å². The number of aliphatic hydroxyl groups is 1. The molecule has 0 aromatic heterocycles. The van der Waals surface area contributed by atoms with Gasteiger partial charge in [-0.05, 0) is 33.6 Å². The Morgan fingerprint density at radius 1 is 1.38 bits per heavy atom. The second kappa shape index (κ2) is 4.79. The largest absolute Gasteiger partial charge is 0.397 e. The number of nitrogen functional groups attached to an aromatic ring is 1. The summed E-state index contributed by atoms with van der Waals surface area (Å²) in [5, 5.41) is 8.61. The number of aliphatic hydroxyl groups excluding tert-OH is 1. The topological polar surface area (TPSA) is 46.2 Å². The molecule has 1 aromatic rings. The van der Waals surface area contributed by atoms with Crippen molar-refractivity contribution in [2.45, 2.75) is 0 Å². The molecule has 0 unspecified atom stereocenters. The number of anilines is 1. The van der Waals surface area contributed by atoms with Gasteiger partial charge in [0.15, 0.2) is 0 Å². The Hall–Kier alpha value is -0.320. The Morgan fingerprint density at radius 3 is 2.69 bits per heavy atom. The summed E-state index contributed by atoms with van der Waals surface area (Å²) in [6.07, 6.45) is 3.43. The summed E-state index contributed by atoms with van der Waals surface area (Å²) < 4.78 is 1.80. The molecule has 0 spiro atoms. The van der Waals surface area contributed by atoms with Crippen LogP contribution in [0.1, 0.15) is 5.56 Å². The first-order valence-corrected chi connectivity index (χ1v) is 5.25. The van der Waals surface area contributed by atoms with Gasteiger partial charge < -0.3 is 10.8 Å². The van der Waals surface area contributed by atoms with Crippen molar-refractivity contribution in [3.63, 3.8) is 0 Å². The van der Waals surface area contributed by atoms with Gasteiger partial charge in [-0.3, -0.25) is 0 Å². The van der Waals surface area contributed by atoms with Crippen LogP contribution in [0.15, 0.2) is 27.2 Å². The molecule has 0 radical (unpaired) electrons. The molecule has 0 aliphatic carbocycles. The lowest BCUT2D eigenvalue weighted by Crippen LogP contribution is -1.91. The molecule has 0 aliphatic rings. The summed E-state index contributed by atoms with van der Waals surface area (Å²) in [6.45, 7) is 0.0174. The maximum atomic E-state index is 8.61. The molecule has 2 nitrogen and oxygen atoms in total. The fourth-order valence-corrected chi connectivity index (χ4v) is 2.18. The SMILES string of the molecule is Nc1c(Br)cc(Br)cc1C=CCO. The molecular formula is C9H9Br2NO. The Morgan fingerprint density at radius 2 is 2.08 bits per heavy atom. The second-order valence-corrected chi connectivity index (χ2v) is 4.25. The molecule has 4 heteroatoms. The van der Waals surface area contributed by atoms with Gasteiger partial charge in [-0.15, -0.1) is 0 Å². The van der Waals surface area contributed by atoms with E-state index in [2.05, 4.69) is 31.9 Å². The van der Waals surface area contributed by atoms with E-state index in [1.54, 1.807) is 12.2 Å². The number of nitrogens with two attached hydrogens (primary N) is 1. The van der Waals surface area contributed by atoms with Gasteiger partial charge in [0.25, 0.3) is 0 Å². The third-order valence-electron chi connectivity index (χ3n) is 1.53. The third kappa shape index (κ3) is 2.83. The summed E-state index contributed by atoms with van der Waals surface area (Å²) >= 11 is 6.69. The van der Waals surface area contributed by atoms with Gasteiger partial charge >= 0.3 is 0 Å². The summed E-state index contributed by atoms with van der Waals surface area (Å²) in [5.41, 5.74) is 7.35. The Labute approximate surface area is 93.7 Å². The number of rotatable bonds is 2. The highest BCUT2D eigenvalue weighted by Gasteiger charge is 2.01. The van der Waals surface area contributed by atoms with E-state index < -0.39 is 0 Å². The van der Waals surface area contributed by atoms with E-state index in [0.29, 0.717) is 5.69 Å². The number of hydrogen-bond donors (Lipinski definition) is 2. The lowest BCUT2D eigenvalue weighted by Gasteiger charge is -2.03. The summed E-state index contributed by atoms with van der Waals surface area (Å²) in [6, 6.07) is 3.78. The van der Waals surface area contributed by atoms with Crippen molar-refractivity contribution in [3.05, 3.63) is 32.7 Å². The van der Waals surface area contributed by atoms with Crippen molar-refractivity contribution >= 4 is 43.6 Å². The van der Waals surface area contributed by atoms with Gasteiger partial charge in [-0.2, -0.15) is 0 Å². The van der Waals surface area contributed by atoms with E-state index in [0.717, 1.165) is 14.5 Å². The van der Waals surface area contributed by atoms with E-state index in [1.807, 2.05) is 12.1 Å². The lowest BCUT2D eigenvalue weighted by molar-refractivity contribution is 0.343. The predicted octanol–water partition coefficient (Wildman–Crippen LogP) is 2.80. The van der Waals surface area contributed by atoms with Crippen molar-refractivity contribution in [1.82, 2.24) is 0 Å². The second-order valence-electron chi connectivity index (χ2n) is 2.48. The molecule has 0 aliphatic heterocycles. The molecule has 0 atom stereocenters. The van der Waals surface area contributed by atoms with Crippen LogP contribution in [0, 0.1) is 0 Å². The van der Waals surface area contributed by atoms with E-state index >= 15 is 0 Å². The molecule has 0 saturated carbocycles. The molecule has 70 valence electrons. The van der Waals surface area contributed by atoms with E-state index in [9.17, 15) is 0 Å². The molecule has 3 N–H and O–H groups in total. The standard InChI is InChI=1S/C9H9Br2NO/c10-7-4-6(2-1-3-13)9(12)8(11)5-7/h1-2,4-5,13H,3,12H2. The maximum absolute atomic E-state index is 8.61. The minimum atomic E-state index is 0.0174. The van der Waals surface area contributed by atoms with Crippen molar-refractivity contribution in [1.29, 1.82) is 0 Å². The van der Waals surface area contributed by atoms with Crippen molar-refractivity contribution < 1.29 is 5.11 Å². The van der Waals surface area contributed by atoms with Crippen molar-refractivity contribution in [3.8, 4) is 0 Å². The summed E-state index contributed by atoms with van der Waals surface area (Å²) in [5.74, 6) is 0. The van der Waals surface area contributed by atoms with E-state index in [-0.39, 0.29) is 6.61 Å². The van der Waals surface area contributed by atoms with Crippen LogP contribution < -0.4 is 5.73 Å². The Bertz CT molecular complexity index is 337. The van der Waals surface area contributed by atoms with Crippen LogP contribution in [-0.4, -0.2) is 11.7 Å². The first kappa shape index (κ1) is 10.8. The third-order valence-corrected chi connectivity index (χ3v) is 2.64. The molecule has 0 saturated heterocycles. The molecular weight excluding hydrogens is 298 g/mol. The fraction of sp³-hybridized carbons (Fsp3) is 0.111. The van der Waals surface area contributed by atoms with Gasteiger partial charge in [0.1, 0.15) is 0 Å². The molecule has 0 heterocycles. The van der Waals surface area contributed by atoms with Crippen LogP contribution in [-0.2, 0) is 0 Å². The van der Waals surface area contributed by atoms with Gasteiger partial charge in [0.2, 0.25) is 0 Å². The molecule has 1 rings (SSSR count). The fourth-order valence-electron chi connectivity index (χ4n) is 0.922. The first-order chi connectivity index (χ1) is 6.15. The predicted molar refractivity (Wildman–Crippen MR) is 62.4 cm³/mol. The van der Waals surface area contributed by atoms with Crippen LogP contribution >= 0.6 is 31.9 Å². The number of hydrogen-bond acceptors (Lipinski definition) is 2. The zero-order chi connectivity index (χ0) is 9.84. The monoisotopic (exact) mass is 305 g/mol. The van der Waals surface area contributed by atoms with Gasteiger partial charge in [0.05, 0.1) is 12.3 Å². The summed E-state index contributed by atoms with van der Waals surface area (Å²) in [4.78, 5) is 0. The van der Waals surface area contributed by atoms with E-state index in [1.165, 1.54) is 0 Å². The quantitative estimate of drug-likeness (QED) is 0.825. The molecule has 13 heavy (non-hydrogen) atoms. The normalized spacial score (nSPS) is 11.0. The maximum Gasteiger partial charge on any atom is 0.0615 e. The minimum absolute atomic E-state index is 0.0174. The number of benzene rings is 1. The van der Waals surface area contributed by atoms with Crippen molar-refractivity contribution in [2.24, 2.45) is 0 Å². The average Bonchev–Trinajstić information content (AvgIpc) is 2.09. The molecule has 0 fully saturated rings. The highest BCUT2D eigenvalue weighted by atomic mass is 79.9. The first-order valence-electron chi connectivity index (χ1n) is 3.67. The Balaban J connectivity index is 3.12. The van der Waals surface area contributed by atoms with Crippen LogP contribution in [0.5, 0.6) is 0 Å². The van der Waals surface area contributed by atoms with Gasteiger partial charge in [0, 0.05) is 8.95 Å². The molecule has 0 amide bonds. The minimum Gasteiger partial charge on any atom is -0.397 e. The zero-order valence-electron chi connectivity index (χ0n) is 6.80. The number of halogens is 2.